The molecule has 0 atom stereocenters. The Morgan fingerprint density at radius 1 is 1.12 bits per heavy atom. The number of carbonyl (C=O) groups excluding carboxylic acids is 1. The Labute approximate surface area is 143 Å². The van der Waals surface area contributed by atoms with Crippen LogP contribution in [0.15, 0.2) is 30.5 Å². The molecule has 0 radical (unpaired) electrons. The van der Waals surface area contributed by atoms with E-state index >= 15 is 0 Å². The number of aromatic nitrogens is 2. The van der Waals surface area contributed by atoms with Crippen molar-refractivity contribution in [1.82, 2.24) is 19.6 Å². The highest BCUT2D eigenvalue weighted by atomic mass is 16.2. The van der Waals surface area contributed by atoms with Crippen molar-refractivity contribution in [1.29, 1.82) is 0 Å². The van der Waals surface area contributed by atoms with Crippen molar-refractivity contribution in [3.8, 4) is 0 Å². The Kier molecular flexibility index (Phi) is 5.00. The molecule has 0 unspecified atom stereocenters. The van der Waals surface area contributed by atoms with Crippen LogP contribution in [0.4, 0.5) is 0 Å². The summed E-state index contributed by atoms with van der Waals surface area (Å²) < 4.78 is 1.99. The first kappa shape index (κ1) is 16.7. The number of nitrogens with zero attached hydrogens (tertiary/aromatic N) is 4. The van der Waals surface area contributed by atoms with Gasteiger partial charge < -0.3 is 4.90 Å². The van der Waals surface area contributed by atoms with Gasteiger partial charge in [-0.25, -0.2) is 0 Å². The molecule has 1 aliphatic heterocycles. The highest BCUT2D eigenvalue weighted by Gasteiger charge is 2.23. The van der Waals surface area contributed by atoms with Crippen molar-refractivity contribution in [2.24, 2.45) is 0 Å². The predicted octanol–water partition coefficient (Wildman–Crippen LogP) is 2.48. The van der Waals surface area contributed by atoms with Crippen LogP contribution >= 0.6 is 0 Å². The van der Waals surface area contributed by atoms with E-state index in [0.29, 0.717) is 0 Å². The van der Waals surface area contributed by atoms with Gasteiger partial charge in [0.15, 0.2) is 0 Å². The molecule has 2 heterocycles. The number of hydrogen-bond donors (Lipinski definition) is 0. The first-order valence-corrected chi connectivity index (χ1v) is 8.68. The molecule has 0 N–H and O–H groups in total. The van der Waals surface area contributed by atoms with Crippen molar-refractivity contribution < 1.29 is 4.79 Å². The minimum absolute atomic E-state index is 0.155. The molecule has 1 aromatic heterocycles. The largest absolute Gasteiger partial charge is 0.336 e. The predicted molar refractivity (Wildman–Crippen MR) is 95.0 cm³/mol. The van der Waals surface area contributed by atoms with E-state index < -0.39 is 0 Å². The van der Waals surface area contributed by atoms with E-state index in [4.69, 9.17) is 0 Å². The van der Waals surface area contributed by atoms with E-state index in [1.165, 1.54) is 5.56 Å². The number of rotatable bonds is 4. The smallest absolute Gasteiger partial charge is 0.254 e. The standard InChI is InChI=1S/C19H26N4O/c1-4-23-14-17(16(3)20-23)13-21-9-11-22(12-10-21)19(24)18-8-6-5-7-15(18)2/h5-8,14H,4,9-13H2,1-3H3. The molecule has 3 rings (SSSR count). The summed E-state index contributed by atoms with van der Waals surface area (Å²) in [6.45, 7) is 11.4. The quantitative estimate of drug-likeness (QED) is 0.867. The Balaban J connectivity index is 1.58. The number of piperazine rings is 1. The Hall–Kier alpha value is -2.14. The highest BCUT2D eigenvalue weighted by Crippen LogP contribution is 2.15. The maximum Gasteiger partial charge on any atom is 0.254 e. The molecule has 5 heteroatoms. The molecule has 2 aromatic rings. The Morgan fingerprint density at radius 2 is 1.83 bits per heavy atom. The van der Waals surface area contributed by atoms with Crippen molar-refractivity contribution >= 4 is 5.91 Å². The van der Waals surface area contributed by atoms with Gasteiger partial charge in [0, 0.05) is 56.6 Å². The van der Waals surface area contributed by atoms with Gasteiger partial charge in [0.1, 0.15) is 0 Å². The van der Waals surface area contributed by atoms with E-state index in [9.17, 15) is 4.79 Å². The third-order valence-electron chi connectivity index (χ3n) is 4.80. The van der Waals surface area contributed by atoms with Gasteiger partial charge in [-0.2, -0.15) is 5.10 Å². The number of aryl methyl sites for hydroxylation is 3. The van der Waals surface area contributed by atoms with E-state index in [-0.39, 0.29) is 5.91 Å². The third-order valence-corrected chi connectivity index (χ3v) is 4.80. The average Bonchev–Trinajstić information content (AvgIpc) is 2.95. The van der Waals surface area contributed by atoms with Crippen LogP contribution in [0.5, 0.6) is 0 Å². The normalized spacial score (nSPS) is 15.7. The fourth-order valence-electron chi connectivity index (χ4n) is 3.21. The Bertz CT molecular complexity index is 714. The maximum absolute atomic E-state index is 12.7. The van der Waals surface area contributed by atoms with Gasteiger partial charge in [0.25, 0.3) is 5.91 Å². The second-order valence-electron chi connectivity index (χ2n) is 6.48. The van der Waals surface area contributed by atoms with E-state index in [2.05, 4.69) is 30.0 Å². The Morgan fingerprint density at radius 3 is 2.46 bits per heavy atom. The molecule has 0 aliphatic carbocycles. The molecule has 0 bridgehead atoms. The van der Waals surface area contributed by atoms with Gasteiger partial charge in [-0.15, -0.1) is 0 Å². The number of benzene rings is 1. The van der Waals surface area contributed by atoms with Crippen LogP contribution in [0.25, 0.3) is 0 Å². The molecule has 1 aliphatic rings. The fraction of sp³-hybridized carbons (Fsp3) is 0.474. The van der Waals surface area contributed by atoms with Crippen molar-refractivity contribution in [2.75, 3.05) is 26.2 Å². The highest BCUT2D eigenvalue weighted by molar-refractivity contribution is 5.95. The summed E-state index contributed by atoms with van der Waals surface area (Å²) in [4.78, 5) is 17.1. The van der Waals surface area contributed by atoms with Crippen LogP contribution in [0.3, 0.4) is 0 Å². The van der Waals surface area contributed by atoms with Crippen LogP contribution < -0.4 is 0 Å². The van der Waals surface area contributed by atoms with Gasteiger partial charge in [0.2, 0.25) is 0 Å². The summed E-state index contributed by atoms with van der Waals surface area (Å²) in [6, 6.07) is 7.83. The van der Waals surface area contributed by atoms with Crippen LogP contribution in [0.1, 0.15) is 34.1 Å². The van der Waals surface area contributed by atoms with Gasteiger partial charge in [0.05, 0.1) is 5.69 Å². The number of carbonyl (C=O) groups is 1. The van der Waals surface area contributed by atoms with Crippen molar-refractivity contribution in [3.05, 3.63) is 52.8 Å². The van der Waals surface area contributed by atoms with Crippen molar-refractivity contribution in [3.63, 3.8) is 0 Å². The second kappa shape index (κ2) is 7.18. The SMILES string of the molecule is CCn1cc(CN2CCN(C(=O)c3ccccc3C)CC2)c(C)n1. The summed E-state index contributed by atoms with van der Waals surface area (Å²) in [5.74, 6) is 0.155. The molecule has 0 spiro atoms. The monoisotopic (exact) mass is 326 g/mol. The molecule has 1 saturated heterocycles. The molecule has 5 nitrogen and oxygen atoms in total. The molecule has 1 aromatic carbocycles. The summed E-state index contributed by atoms with van der Waals surface area (Å²) in [5, 5.41) is 4.51. The van der Waals surface area contributed by atoms with Gasteiger partial charge in [-0.05, 0) is 32.4 Å². The fourth-order valence-corrected chi connectivity index (χ4v) is 3.21. The zero-order valence-corrected chi connectivity index (χ0v) is 14.8. The lowest BCUT2D eigenvalue weighted by Gasteiger charge is -2.35. The van der Waals surface area contributed by atoms with E-state index in [0.717, 1.165) is 56.1 Å². The number of amides is 1. The summed E-state index contributed by atoms with van der Waals surface area (Å²) >= 11 is 0. The zero-order valence-electron chi connectivity index (χ0n) is 14.8. The summed E-state index contributed by atoms with van der Waals surface area (Å²) in [7, 11) is 0. The van der Waals surface area contributed by atoms with Crippen LogP contribution in [-0.4, -0.2) is 51.7 Å². The van der Waals surface area contributed by atoms with E-state index in [1.54, 1.807) is 0 Å². The molecule has 1 fully saturated rings. The minimum atomic E-state index is 0.155. The molecular weight excluding hydrogens is 300 g/mol. The molecule has 0 saturated carbocycles. The second-order valence-corrected chi connectivity index (χ2v) is 6.48. The van der Waals surface area contributed by atoms with Gasteiger partial charge in [-0.1, -0.05) is 18.2 Å². The van der Waals surface area contributed by atoms with Crippen molar-refractivity contribution in [2.45, 2.75) is 33.9 Å². The molecule has 1 amide bonds. The van der Waals surface area contributed by atoms with Crippen LogP contribution in [0.2, 0.25) is 0 Å². The topological polar surface area (TPSA) is 41.4 Å². The van der Waals surface area contributed by atoms with Gasteiger partial charge in [-0.3, -0.25) is 14.4 Å². The number of hydrogen-bond acceptors (Lipinski definition) is 3. The lowest BCUT2D eigenvalue weighted by molar-refractivity contribution is 0.0627. The first-order chi connectivity index (χ1) is 11.6. The third kappa shape index (κ3) is 3.51. The minimum Gasteiger partial charge on any atom is -0.336 e. The van der Waals surface area contributed by atoms with Gasteiger partial charge >= 0.3 is 0 Å². The summed E-state index contributed by atoms with van der Waals surface area (Å²) in [5.41, 5.74) is 4.27. The van der Waals surface area contributed by atoms with Crippen LogP contribution in [0, 0.1) is 13.8 Å². The molecule has 128 valence electrons. The first-order valence-electron chi connectivity index (χ1n) is 8.68. The lowest BCUT2D eigenvalue weighted by atomic mass is 10.1. The van der Waals surface area contributed by atoms with E-state index in [1.807, 2.05) is 40.8 Å². The lowest BCUT2D eigenvalue weighted by Crippen LogP contribution is -2.48. The average molecular weight is 326 g/mol. The van der Waals surface area contributed by atoms with Crippen LogP contribution in [-0.2, 0) is 13.1 Å². The maximum atomic E-state index is 12.7. The molecule has 24 heavy (non-hydrogen) atoms. The summed E-state index contributed by atoms with van der Waals surface area (Å²) in [6.07, 6.45) is 2.14. The zero-order chi connectivity index (χ0) is 17.1. The molecular formula is C19H26N4O.